The molecular formula is C25H32FN3O6. The highest BCUT2D eigenvalue weighted by molar-refractivity contribution is 5.85. The zero-order chi connectivity index (χ0) is 26.3. The molecular weight excluding hydrogens is 457 g/mol. The Morgan fingerprint density at radius 3 is 2.49 bits per heavy atom. The van der Waals surface area contributed by atoms with E-state index in [1.165, 1.54) is 23.0 Å². The number of carbonyl (C=O) groups excluding carboxylic acids is 3. The number of ether oxygens (including phenoxy) is 3. The third-order valence-electron chi connectivity index (χ3n) is 4.84. The second kappa shape index (κ2) is 11.5. The third kappa shape index (κ3) is 7.59. The molecule has 0 saturated heterocycles. The van der Waals surface area contributed by atoms with Crippen LogP contribution in [0.3, 0.4) is 0 Å². The minimum atomic E-state index is -0.757. The van der Waals surface area contributed by atoms with Crippen molar-refractivity contribution in [1.82, 2.24) is 9.80 Å². The molecule has 10 heteroatoms. The topological polar surface area (TPSA) is 97.4 Å². The van der Waals surface area contributed by atoms with Gasteiger partial charge in [-0.25, -0.2) is 14.0 Å². The lowest BCUT2D eigenvalue weighted by atomic mass is 10.0. The minimum Gasteiger partial charge on any atom is -0.497 e. The predicted octanol–water partition coefficient (Wildman–Crippen LogP) is 4.96. The van der Waals surface area contributed by atoms with Gasteiger partial charge < -0.3 is 19.1 Å². The summed E-state index contributed by atoms with van der Waals surface area (Å²) in [5, 5.41) is 2.41. The Kier molecular flexibility index (Phi) is 9.05. The minimum absolute atomic E-state index is 0.0232. The van der Waals surface area contributed by atoms with Gasteiger partial charge in [-0.2, -0.15) is 0 Å². The highest BCUT2D eigenvalue weighted by Gasteiger charge is 2.32. The molecule has 2 aromatic carbocycles. The molecule has 3 rings (SSSR count). The normalized spacial score (nSPS) is 14.6. The number of amides is 3. The van der Waals surface area contributed by atoms with E-state index in [4.69, 9.17) is 14.2 Å². The number of nitrogens with zero attached hydrogens (tertiary/aromatic N) is 2. The lowest BCUT2D eigenvalue weighted by molar-refractivity contribution is -0.115. The first-order valence-corrected chi connectivity index (χ1v) is 10.9. The molecule has 0 radical (unpaired) electrons. The SMILES string of the molecule is CN(C)C=O.COc1ccc2c(c1)OC(=O)N(Cc1cccc(NC(=O)OC(C)(C)C)c1F)C2C. The van der Waals surface area contributed by atoms with E-state index in [0.717, 1.165) is 12.0 Å². The molecule has 0 spiro atoms. The summed E-state index contributed by atoms with van der Waals surface area (Å²) in [5.41, 5.74) is 0.300. The maximum atomic E-state index is 15.0. The highest BCUT2D eigenvalue weighted by Crippen LogP contribution is 2.38. The number of halogens is 1. The van der Waals surface area contributed by atoms with Crippen LogP contribution < -0.4 is 14.8 Å². The fourth-order valence-corrected chi connectivity index (χ4v) is 3.15. The number of anilines is 1. The van der Waals surface area contributed by atoms with Gasteiger partial charge in [0.05, 0.1) is 25.4 Å². The average Bonchev–Trinajstić information content (AvgIpc) is 2.77. The summed E-state index contributed by atoms with van der Waals surface area (Å²) in [6.45, 7) is 6.97. The molecule has 0 aliphatic carbocycles. The Hall–Kier alpha value is -3.82. The summed E-state index contributed by atoms with van der Waals surface area (Å²) in [4.78, 5) is 36.8. The number of hydrogen-bond acceptors (Lipinski definition) is 6. The summed E-state index contributed by atoms with van der Waals surface area (Å²) in [6.07, 6.45) is -0.597. The maximum Gasteiger partial charge on any atom is 0.416 e. The second-order valence-corrected chi connectivity index (χ2v) is 9.05. The van der Waals surface area contributed by atoms with Gasteiger partial charge in [-0.05, 0) is 45.9 Å². The number of methoxy groups -OCH3 is 1. The van der Waals surface area contributed by atoms with Gasteiger partial charge >= 0.3 is 12.2 Å². The van der Waals surface area contributed by atoms with Crippen molar-refractivity contribution < 1.29 is 33.0 Å². The van der Waals surface area contributed by atoms with Crippen LogP contribution >= 0.6 is 0 Å². The first-order chi connectivity index (χ1) is 16.4. The van der Waals surface area contributed by atoms with Gasteiger partial charge in [0.25, 0.3) is 0 Å². The van der Waals surface area contributed by atoms with Crippen molar-refractivity contribution in [2.75, 3.05) is 26.5 Å². The average molecular weight is 490 g/mol. The molecule has 1 aliphatic rings. The molecule has 0 fully saturated rings. The highest BCUT2D eigenvalue weighted by atomic mass is 19.1. The van der Waals surface area contributed by atoms with Crippen molar-refractivity contribution >= 4 is 24.3 Å². The first-order valence-electron chi connectivity index (χ1n) is 10.9. The van der Waals surface area contributed by atoms with E-state index in [0.29, 0.717) is 11.5 Å². The van der Waals surface area contributed by atoms with Gasteiger partial charge in [0, 0.05) is 31.3 Å². The van der Waals surface area contributed by atoms with Crippen LogP contribution in [-0.4, -0.2) is 55.2 Å². The summed E-state index contributed by atoms with van der Waals surface area (Å²) in [5.74, 6) is 0.363. The molecule has 35 heavy (non-hydrogen) atoms. The summed E-state index contributed by atoms with van der Waals surface area (Å²) in [7, 11) is 4.91. The van der Waals surface area contributed by atoms with Gasteiger partial charge in [-0.1, -0.05) is 12.1 Å². The lowest BCUT2D eigenvalue weighted by Crippen LogP contribution is -2.39. The van der Waals surface area contributed by atoms with Crippen LogP contribution in [-0.2, 0) is 16.1 Å². The zero-order valence-electron chi connectivity index (χ0n) is 21.0. The Labute approximate surface area is 204 Å². The van der Waals surface area contributed by atoms with Gasteiger partial charge in [0.1, 0.15) is 17.1 Å². The van der Waals surface area contributed by atoms with E-state index >= 15 is 4.39 Å². The van der Waals surface area contributed by atoms with Crippen molar-refractivity contribution in [2.24, 2.45) is 0 Å². The number of carbonyl (C=O) groups is 3. The van der Waals surface area contributed by atoms with E-state index in [-0.39, 0.29) is 23.8 Å². The second-order valence-electron chi connectivity index (χ2n) is 9.05. The summed E-state index contributed by atoms with van der Waals surface area (Å²) >= 11 is 0. The Morgan fingerprint density at radius 1 is 1.26 bits per heavy atom. The Morgan fingerprint density at radius 2 is 1.91 bits per heavy atom. The Balaban J connectivity index is 0.000000784. The van der Waals surface area contributed by atoms with Gasteiger partial charge in [0.2, 0.25) is 6.41 Å². The molecule has 1 unspecified atom stereocenters. The summed E-state index contributed by atoms with van der Waals surface area (Å²) < 4.78 is 30.7. The van der Waals surface area contributed by atoms with Crippen molar-refractivity contribution in [3.63, 3.8) is 0 Å². The molecule has 9 nitrogen and oxygen atoms in total. The molecule has 3 amide bonds. The van der Waals surface area contributed by atoms with E-state index in [9.17, 15) is 14.4 Å². The fraction of sp³-hybridized carbons (Fsp3) is 0.400. The van der Waals surface area contributed by atoms with E-state index in [2.05, 4.69) is 5.32 Å². The molecule has 1 N–H and O–H groups in total. The predicted molar refractivity (Wildman–Crippen MR) is 129 cm³/mol. The fourth-order valence-electron chi connectivity index (χ4n) is 3.15. The summed E-state index contributed by atoms with van der Waals surface area (Å²) in [6, 6.07) is 9.49. The first kappa shape index (κ1) is 27.4. The molecule has 1 atom stereocenters. The van der Waals surface area contributed by atoms with Crippen LogP contribution in [0, 0.1) is 5.82 Å². The largest absolute Gasteiger partial charge is 0.497 e. The van der Waals surface area contributed by atoms with Crippen LogP contribution in [0.4, 0.5) is 19.7 Å². The van der Waals surface area contributed by atoms with Crippen LogP contribution in [0.15, 0.2) is 36.4 Å². The smallest absolute Gasteiger partial charge is 0.416 e. The lowest BCUT2D eigenvalue weighted by Gasteiger charge is -2.34. The van der Waals surface area contributed by atoms with Gasteiger partial charge in [0.15, 0.2) is 5.82 Å². The monoisotopic (exact) mass is 489 g/mol. The van der Waals surface area contributed by atoms with Gasteiger partial charge in [-0.3, -0.25) is 15.0 Å². The maximum absolute atomic E-state index is 15.0. The number of rotatable bonds is 5. The van der Waals surface area contributed by atoms with Crippen LogP contribution in [0.5, 0.6) is 11.5 Å². The molecule has 0 aromatic heterocycles. The molecule has 0 bridgehead atoms. The van der Waals surface area contributed by atoms with E-state index in [1.54, 1.807) is 59.1 Å². The van der Waals surface area contributed by atoms with Crippen molar-refractivity contribution in [3.05, 3.63) is 53.3 Å². The van der Waals surface area contributed by atoms with Crippen molar-refractivity contribution in [1.29, 1.82) is 0 Å². The quantitative estimate of drug-likeness (QED) is 0.596. The van der Waals surface area contributed by atoms with E-state index < -0.39 is 23.6 Å². The number of benzene rings is 2. The number of nitrogens with one attached hydrogen (secondary N) is 1. The third-order valence-corrected chi connectivity index (χ3v) is 4.84. The van der Waals surface area contributed by atoms with Crippen molar-refractivity contribution in [2.45, 2.75) is 45.9 Å². The van der Waals surface area contributed by atoms with Crippen molar-refractivity contribution in [3.8, 4) is 11.5 Å². The molecule has 1 heterocycles. The van der Waals surface area contributed by atoms with Crippen LogP contribution in [0.1, 0.15) is 44.9 Å². The van der Waals surface area contributed by atoms with Gasteiger partial charge in [-0.15, -0.1) is 0 Å². The van der Waals surface area contributed by atoms with E-state index in [1.807, 2.05) is 13.0 Å². The molecule has 1 aliphatic heterocycles. The molecule has 190 valence electrons. The Bertz CT molecular complexity index is 1070. The standard InChI is InChI=1S/C22H25FN2O5.C3H7NO/c1-13-16-10-9-15(28-5)11-18(16)29-21(27)25(13)12-14-7-6-8-17(19(14)23)24-20(26)30-22(2,3)4;1-4(2)3-5/h6-11,13H,12H2,1-5H3,(H,24,26);3H,1-2H3. The number of hydrogen-bond donors (Lipinski definition) is 1. The molecule has 2 aromatic rings. The zero-order valence-corrected chi connectivity index (χ0v) is 21.0. The molecule has 0 saturated carbocycles. The van der Waals surface area contributed by atoms with Crippen LogP contribution in [0.25, 0.3) is 0 Å². The number of fused-ring (bicyclic) bond motifs is 1. The van der Waals surface area contributed by atoms with Crippen LogP contribution in [0.2, 0.25) is 0 Å².